The molecule has 70 valence electrons. The molecule has 0 heterocycles. The SMILES string of the molecule is COCCC=NNc1ccccc1. The van der Waals surface area contributed by atoms with Crippen molar-refractivity contribution in [2.45, 2.75) is 6.42 Å². The highest BCUT2D eigenvalue weighted by Gasteiger charge is 1.83. The van der Waals surface area contributed by atoms with E-state index in [4.69, 9.17) is 4.74 Å². The molecule has 0 fully saturated rings. The number of rotatable bonds is 5. The fraction of sp³-hybridized carbons (Fsp3) is 0.300. The third-order valence-corrected chi connectivity index (χ3v) is 1.51. The largest absolute Gasteiger partial charge is 0.384 e. The molecule has 0 aliphatic carbocycles. The number of nitrogens with zero attached hydrogens (tertiary/aromatic N) is 1. The van der Waals surface area contributed by atoms with E-state index in [9.17, 15) is 0 Å². The van der Waals surface area contributed by atoms with Crippen molar-refractivity contribution in [3.8, 4) is 0 Å². The molecule has 0 saturated heterocycles. The molecule has 0 unspecified atom stereocenters. The van der Waals surface area contributed by atoms with Crippen LogP contribution in [0.15, 0.2) is 35.4 Å². The maximum Gasteiger partial charge on any atom is 0.0561 e. The van der Waals surface area contributed by atoms with Gasteiger partial charge in [0.15, 0.2) is 0 Å². The molecule has 0 aliphatic rings. The molecule has 13 heavy (non-hydrogen) atoms. The molecule has 0 aliphatic heterocycles. The molecular weight excluding hydrogens is 164 g/mol. The van der Waals surface area contributed by atoms with E-state index in [1.54, 1.807) is 13.3 Å². The zero-order valence-corrected chi connectivity index (χ0v) is 7.73. The molecule has 1 aromatic rings. The first-order chi connectivity index (χ1) is 6.43. The van der Waals surface area contributed by atoms with Gasteiger partial charge in [-0.05, 0) is 12.1 Å². The molecule has 3 heteroatoms. The van der Waals surface area contributed by atoms with Gasteiger partial charge in [0.2, 0.25) is 0 Å². The van der Waals surface area contributed by atoms with Crippen molar-refractivity contribution in [3.05, 3.63) is 30.3 Å². The van der Waals surface area contributed by atoms with E-state index in [1.807, 2.05) is 30.3 Å². The van der Waals surface area contributed by atoms with Gasteiger partial charge in [0.1, 0.15) is 0 Å². The van der Waals surface area contributed by atoms with Crippen LogP contribution in [-0.4, -0.2) is 19.9 Å². The van der Waals surface area contributed by atoms with Crippen LogP contribution in [0, 0.1) is 0 Å². The fourth-order valence-electron chi connectivity index (χ4n) is 0.868. The molecule has 3 nitrogen and oxygen atoms in total. The number of benzene rings is 1. The Bertz CT molecular complexity index is 246. The van der Waals surface area contributed by atoms with E-state index in [0.29, 0.717) is 6.61 Å². The topological polar surface area (TPSA) is 33.6 Å². The summed E-state index contributed by atoms with van der Waals surface area (Å²) in [5.41, 5.74) is 3.91. The molecular formula is C10H14N2O. The van der Waals surface area contributed by atoms with E-state index < -0.39 is 0 Å². The Labute approximate surface area is 78.4 Å². The lowest BCUT2D eigenvalue weighted by atomic mass is 10.3. The average molecular weight is 178 g/mol. The summed E-state index contributed by atoms with van der Waals surface area (Å²) in [7, 11) is 1.68. The predicted molar refractivity (Wildman–Crippen MR) is 55.0 cm³/mol. The number of hydrazone groups is 1. The van der Waals surface area contributed by atoms with Crippen molar-refractivity contribution >= 4 is 11.9 Å². The molecule has 0 saturated carbocycles. The Morgan fingerprint density at radius 3 is 2.85 bits per heavy atom. The molecule has 0 amide bonds. The van der Waals surface area contributed by atoms with Crippen LogP contribution in [-0.2, 0) is 4.74 Å². The second kappa shape index (κ2) is 6.20. The fourth-order valence-corrected chi connectivity index (χ4v) is 0.868. The molecule has 0 atom stereocenters. The van der Waals surface area contributed by atoms with Crippen molar-refractivity contribution in [2.24, 2.45) is 5.10 Å². The number of nitrogens with one attached hydrogen (secondary N) is 1. The van der Waals surface area contributed by atoms with Gasteiger partial charge in [-0.15, -0.1) is 0 Å². The molecule has 0 spiro atoms. The lowest BCUT2D eigenvalue weighted by Gasteiger charge is -1.97. The first-order valence-electron chi connectivity index (χ1n) is 4.25. The third kappa shape index (κ3) is 4.28. The maximum absolute atomic E-state index is 4.88. The van der Waals surface area contributed by atoms with Gasteiger partial charge in [0.05, 0.1) is 12.3 Å². The Hall–Kier alpha value is -1.35. The number of hydrogen-bond donors (Lipinski definition) is 1. The Kier molecular flexibility index (Phi) is 4.64. The normalized spacial score (nSPS) is 10.5. The van der Waals surface area contributed by atoms with Crippen LogP contribution in [0.2, 0.25) is 0 Å². The van der Waals surface area contributed by atoms with Gasteiger partial charge in [-0.2, -0.15) is 5.10 Å². The zero-order chi connectivity index (χ0) is 9.36. The van der Waals surface area contributed by atoms with Gasteiger partial charge < -0.3 is 4.74 Å². The monoisotopic (exact) mass is 178 g/mol. The quantitative estimate of drug-likeness (QED) is 0.425. The van der Waals surface area contributed by atoms with Crippen molar-refractivity contribution in [3.63, 3.8) is 0 Å². The summed E-state index contributed by atoms with van der Waals surface area (Å²) in [6.45, 7) is 0.708. The minimum atomic E-state index is 0.708. The van der Waals surface area contributed by atoms with E-state index in [-0.39, 0.29) is 0 Å². The van der Waals surface area contributed by atoms with Gasteiger partial charge in [-0.1, -0.05) is 18.2 Å². The second-order valence-corrected chi connectivity index (χ2v) is 2.57. The van der Waals surface area contributed by atoms with Crippen molar-refractivity contribution in [1.29, 1.82) is 0 Å². The highest BCUT2D eigenvalue weighted by Crippen LogP contribution is 2.03. The summed E-state index contributed by atoms with van der Waals surface area (Å²) in [5, 5.41) is 4.02. The summed E-state index contributed by atoms with van der Waals surface area (Å²) in [6, 6.07) is 9.83. The van der Waals surface area contributed by atoms with Crippen LogP contribution in [0.1, 0.15) is 6.42 Å². The lowest BCUT2D eigenvalue weighted by Crippen LogP contribution is -1.92. The average Bonchev–Trinajstić information content (AvgIpc) is 2.19. The van der Waals surface area contributed by atoms with Crippen LogP contribution >= 0.6 is 0 Å². The van der Waals surface area contributed by atoms with Gasteiger partial charge in [-0.25, -0.2) is 0 Å². The van der Waals surface area contributed by atoms with Crippen LogP contribution in [0.3, 0.4) is 0 Å². The number of para-hydroxylation sites is 1. The number of anilines is 1. The summed E-state index contributed by atoms with van der Waals surface area (Å²) < 4.78 is 4.88. The maximum atomic E-state index is 4.88. The molecule has 0 radical (unpaired) electrons. The Morgan fingerprint density at radius 2 is 2.15 bits per heavy atom. The molecule has 1 N–H and O–H groups in total. The van der Waals surface area contributed by atoms with E-state index in [2.05, 4.69) is 10.5 Å². The third-order valence-electron chi connectivity index (χ3n) is 1.51. The molecule has 0 aromatic heterocycles. The van der Waals surface area contributed by atoms with Gasteiger partial charge in [-0.3, -0.25) is 5.43 Å². The first-order valence-corrected chi connectivity index (χ1v) is 4.25. The Balaban J connectivity index is 2.23. The van der Waals surface area contributed by atoms with Gasteiger partial charge >= 0.3 is 0 Å². The van der Waals surface area contributed by atoms with E-state index in [0.717, 1.165) is 12.1 Å². The number of hydrogen-bond acceptors (Lipinski definition) is 3. The molecule has 1 rings (SSSR count). The van der Waals surface area contributed by atoms with Crippen LogP contribution in [0.25, 0.3) is 0 Å². The van der Waals surface area contributed by atoms with Crippen LogP contribution < -0.4 is 5.43 Å². The van der Waals surface area contributed by atoms with Gasteiger partial charge in [0, 0.05) is 19.7 Å². The molecule has 1 aromatic carbocycles. The minimum Gasteiger partial charge on any atom is -0.384 e. The lowest BCUT2D eigenvalue weighted by molar-refractivity contribution is 0.208. The summed E-state index contributed by atoms with van der Waals surface area (Å²) >= 11 is 0. The van der Waals surface area contributed by atoms with Crippen molar-refractivity contribution in [2.75, 3.05) is 19.1 Å². The minimum absolute atomic E-state index is 0.708. The zero-order valence-electron chi connectivity index (χ0n) is 7.73. The van der Waals surface area contributed by atoms with Crippen LogP contribution in [0.4, 0.5) is 5.69 Å². The smallest absolute Gasteiger partial charge is 0.0561 e. The highest BCUT2D eigenvalue weighted by atomic mass is 16.5. The highest BCUT2D eigenvalue weighted by molar-refractivity contribution is 5.59. The standard InChI is InChI=1S/C10H14N2O/c1-13-9-5-8-11-12-10-6-3-2-4-7-10/h2-4,6-8,12H,5,9H2,1H3. The van der Waals surface area contributed by atoms with Crippen LogP contribution in [0.5, 0.6) is 0 Å². The summed E-state index contributed by atoms with van der Waals surface area (Å²) in [4.78, 5) is 0. The van der Waals surface area contributed by atoms with E-state index >= 15 is 0 Å². The number of ether oxygens (including phenoxy) is 1. The summed E-state index contributed by atoms with van der Waals surface area (Å²) in [5.74, 6) is 0. The Morgan fingerprint density at radius 1 is 1.38 bits per heavy atom. The first kappa shape index (κ1) is 9.74. The van der Waals surface area contributed by atoms with Crippen molar-refractivity contribution in [1.82, 2.24) is 0 Å². The van der Waals surface area contributed by atoms with Gasteiger partial charge in [0.25, 0.3) is 0 Å². The number of methoxy groups -OCH3 is 1. The van der Waals surface area contributed by atoms with E-state index in [1.165, 1.54) is 0 Å². The summed E-state index contributed by atoms with van der Waals surface area (Å²) in [6.07, 6.45) is 2.63. The van der Waals surface area contributed by atoms with Crippen molar-refractivity contribution < 1.29 is 4.74 Å². The predicted octanol–water partition coefficient (Wildman–Crippen LogP) is 2.12. The second-order valence-electron chi connectivity index (χ2n) is 2.57. The molecule has 0 bridgehead atoms.